The summed E-state index contributed by atoms with van der Waals surface area (Å²) in [6.45, 7) is 6.02. The number of hydrogen-bond donors (Lipinski definition) is 0. The fraction of sp³-hybridized carbons (Fsp3) is 0.231. The van der Waals surface area contributed by atoms with Crippen molar-refractivity contribution in [3.05, 3.63) is 60.2 Å². The molecule has 0 amide bonds. The van der Waals surface area contributed by atoms with Gasteiger partial charge in [0.15, 0.2) is 0 Å². The van der Waals surface area contributed by atoms with Crippen LogP contribution in [0.4, 0.5) is 0 Å². The molecule has 0 saturated heterocycles. The van der Waals surface area contributed by atoms with Crippen LogP contribution in [0, 0.1) is 13.8 Å². The Balaban J connectivity index is 2.56. The van der Waals surface area contributed by atoms with E-state index in [4.69, 9.17) is 22.2 Å². The number of pyridine rings is 2. The monoisotopic (exact) mass is 300 g/mol. The van der Waals surface area contributed by atoms with Gasteiger partial charge in [0.1, 0.15) is 0 Å². The molecule has 0 aliphatic heterocycles. The molecule has 0 spiro atoms. The van der Waals surface area contributed by atoms with Crippen LogP contribution in [-0.4, -0.2) is 6.29 Å². The molecule has 5 heteroatoms. The Morgan fingerprint density at radius 3 is 1.33 bits per heavy atom. The molecule has 2 heterocycles. The molecule has 0 atom stereocenters. The minimum absolute atomic E-state index is 1.19. The molecule has 0 N–H and O–H groups in total. The van der Waals surface area contributed by atoms with Gasteiger partial charge in [0.25, 0.3) is 0 Å². The third-order valence-corrected chi connectivity index (χ3v) is 9.37. The second-order valence-corrected chi connectivity index (χ2v) is 16.4. The van der Waals surface area contributed by atoms with E-state index in [1.807, 2.05) is 77.9 Å². The van der Waals surface area contributed by atoms with Crippen LogP contribution >= 0.6 is 22.2 Å². The first kappa shape index (κ1) is 13.5. The van der Waals surface area contributed by atoms with Gasteiger partial charge in [-0.05, 0) is 0 Å². The van der Waals surface area contributed by atoms with Gasteiger partial charge in [-0.2, -0.15) is 0 Å². The summed E-state index contributed by atoms with van der Waals surface area (Å²) in [5, 5.41) is 0. The van der Waals surface area contributed by atoms with Crippen molar-refractivity contribution in [2.45, 2.75) is 20.4 Å². The zero-order valence-electron chi connectivity index (χ0n) is 10.8. The number of aromatic nitrogens is 2. The van der Waals surface area contributed by atoms with E-state index in [0.29, 0.717) is 0 Å². The van der Waals surface area contributed by atoms with Crippen LogP contribution in [0.2, 0.25) is 6.55 Å². The Labute approximate surface area is 117 Å². The molecule has 0 aliphatic rings. The molecular weight excluding hydrogens is 283 g/mol. The van der Waals surface area contributed by atoms with Crippen LogP contribution in [0.15, 0.2) is 49.1 Å². The third kappa shape index (κ3) is 2.44. The summed E-state index contributed by atoms with van der Waals surface area (Å²) in [7, 11) is 0. The first-order valence-electron chi connectivity index (χ1n) is 6.05. The van der Waals surface area contributed by atoms with Crippen LogP contribution in [0.1, 0.15) is 11.1 Å². The van der Waals surface area contributed by atoms with E-state index in [9.17, 15) is 0 Å². The Bertz CT molecular complexity index is 507. The van der Waals surface area contributed by atoms with Crippen molar-refractivity contribution in [3.8, 4) is 0 Å². The SMILES string of the molecule is Cc1cc[n+]([SiH-2](C)(Cl)(Cl)[n+]2ccc(C)cc2)cc1. The molecule has 0 bridgehead atoms. The molecule has 0 unspecified atom stereocenters. The minimum atomic E-state index is -3.75. The maximum atomic E-state index is 6.81. The molecule has 0 fully saturated rings. The fourth-order valence-corrected chi connectivity index (χ4v) is 5.67. The van der Waals surface area contributed by atoms with Crippen molar-refractivity contribution < 1.29 is 8.47 Å². The summed E-state index contributed by atoms with van der Waals surface area (Å²) >= 11 is 13.6. The third-order valence-electron chi connectivity index (χ3n) is 3.35. The molecule has 2 aromatic rings. The Morgan fingerprint density at radius 2 is 1.06 bits per heavy atom. The van der Waals surface area contributed by atoms with Gasteiger partial charge in [-0.1, -0.05) is 0 Å². The van der Waals surface area contributed by atoms with Crippen molar-refractivity contribution >= 4 is 28.5 Å². The molecular formula is C13H18Cl2N2Si. The number of nitrogens with zero attached hydrogens (tertiary/aromatic N) is 2. The standard InChI is InChI=1S/C13H18Cl2N2Si/c1-12-4-8-16(9-5-12)18(3,14,15)17-10-6-13(2)7-11-17/h4-11,18H,1-3H3. The van der Waals surface area contributed by atoms with Crippen LogP contribution < -0.4 is 8.47 Å². The number of aryl methyl sites for hydroxylation is 2. The van der Waals surface area contributed by atoms with Crippen LogP contribution in [0.5, 0.6) is 0 Å². The molecule has 0 saturated carbocycles. The van der Waals surface area contributed by atoms with Crippen LogP contribution in [-0.2, 0) is 0 Å². The van der Waals surface area contributed by atoms with Gasteiger partial charge in [0, 0.05) is 0 Å². The van der Waals surface area contributed by atoms with Crippen LogP contribution in [0.3, 0.4) is 0 Å². The quantitative estimate of drug-likeness (QED) is 0.595. The van der Waals surface area contributed by atoms with Gasteiger partial charge in [-0.25, -0.2) is 0 Å². The van der Waals surface area contributed by atoms with Gasteiger partial charge in [0.2, 0.25) is 0 Å². The molecule has 2 rings (SSSR count). The number of halogens is 2. The number of rotatable bonds is 2. The molecule has 18 heavy (non-hydrogen) atoms. The first-order valence-corrected chi connectivity index (χ1v) is 11.7. The zero-order chi connectivity index (χ0) is 13.4. The average Bonchev–Trinajstić information content (AvgIpc) is 2.29. The first-order chi connectivity index (χ1) is 8.28. The Hall–Kier alpha value is -0.903. The molecule has 0 aromatic carbocycles. The fourth-order valence-electron chi connectivity index (χ4n) is 1.94. The van der Waals surface area contributed by atoms with Gasteiger partial charge < -0.3 is 0 Å². The van der Waals surface area contributed by atoms with Gasteiger partial charge in [0.05, 0.1) is 0 Å². The van der Waals surface area contributed by atoms with Gasteiger partial charge >= 0.3 is 117 Å². The summed E-state index contributed by atoms with van der Waals surface area (Å²) in [6.07, 6.45) is 4.05. The number of hydrogen-bond acceptors (Lipinski definition) is 0. The van der Waals surface area contributed by atoms with E-state index < -0.39 is 6.29 Å². The Morgan fingerprint density at radius 1 is 0.778 bits per heavy atom. The molecule has 0 aliphatic carbocycles. The average molecular weight is 301 g/mol. The van der Waals surface area contributed by atoms with E-state index in [2.05, 4.69) is 0 Å². The Kier molecular flexibility index (Phi) is 3.26. The van der Waals surface area contributed by atoms with Crippen molar-refractivity contribution in [1.29, 1.82) is 0 Å². The maximum absolute atomic E-state index is 6.81. The van der Waals surface area contributed by atoms with Crippen LogP contribution in [0.25, 0.3) is 0 Å². The second-order valence-electron chi connectivity index (χ2n) is 5.19. The summed E-state index contributed by atoms with van der Waals surface area (Å²) < 4.78 is 3.89. The van der Waals surface area contributed by atoms with Crippen molar-refractivity contribution in [1.82, 2.24) is 0 Å². The summed E-state index contributed by atoms with van der Waals surface area (Å²) in [6, 6.07) is 8.06. The second kappa shape index (κ2) is 4.33. The van der Waals surface area contributed by atoms with Crippen molar-refractivity contribution in [2.24, 2.45) is 0 Å². The summed E-state index contributed by atoms with van der Waals surface area (Å²) in [5.74, 6) is 0. The summed E-state index contributed by atoms with van der Waals surface area (Å²) in [5.41, 5.74) is 2.38. The van der Waals surface area contributed by atoms with E-state index in [-0.39, 0.29) is 0 Å². The normalized spacial score (nSPS) is 13.9. The predicted octanol–water partition coefficient (Wildman–Crippen LogP) is 2.50. The molecule has 2 aromatic heterocycles. The molecule has 98 valence electrons. The van der Waals surface area contributed by atoms with E-state index >= 15 is 0 Å². The van der Waals surface area contributed by atoms with Gasteiger partial charge in [-0.3, -0.25) is 0 Å². The predicted molar refractivity (Wildman–Crippen MR) is 78.3 cm³/mol. The van der Waals surface area contributed by atoms with E-state index in [1.165, 1.54) is 11.1 Å². The summed E-state index contributed by atoms with van der Waals surface area (Å²) in [4.78, 5) is 0. The van der Waals surface area contributed by atoms with E-state index in [1.54, 1.807) is 0 Å². The molecule has 0 radical (unpaired) electrons. The molecule has 2 nitrogen and oxygen atoms in total. The zero-order valence-corrected chi connectivity index (χ0v) is 13.5. The van der Waals surface area contributed by atoms with Crippen molar-refractivity contribution in [3.63, 3.8) is 0 Å². The van der Waals surface area contributed by atoms with Crippen molar-refractivity contribution in [2.75, 3.05) is 0 Å². The van der Waals surface area contributed by atoms with Gasteiger partial charge in [-0.15, -0.1) is 0 Å². The van der Waals surface area contributed by atoms with E-state index in [0.717, 1.165) is 0 Å². The topological polar surface area (TPSA) is 7.76 Å².